The van der Waals surface area contributed by atoms with Gasteiger partial charge in [0.2, 0.25) is 15.9 Å². The first-order valence-electron chi connectivity index (χ1n) is 10.3. The number of fused-ring (bicyclic) bond motifs is 1. The van der Waals surface area contributed by atoms with Gasteiger partial charge in [-0.2, -0.15) is 0 Å². The minimum absolute atomic E-state index is 0.147. The molecule has 7 nitrogen and oxygen atoms in total. The lowest BCUT2D eigenvalue weighted by Crippen LogP contribution is -2.32. The number of ether oxygens (including phenoxy) is 2. The van der Waals surface area contributed by atoms with E-state index in [0.29, 0.717) is 30.2 Å². The van der Waals surface area contributed by atoms with Crippen LogP contribution < -0.4 is 19.1 Å². The van der Waals surface area contributed by atoms with Crippen molar-refractivity contribution in [2.24, 2.45) is 0 Å². The summed E-state index contributed by atoms with van der Waals surface area (Å²) in [5.74, 6) is 1.07. The zero-order chi connectivity index (χ0) is 23.1. The van der Waals surface area contributed by atoms with Gasteiger partial charge in [0.05, 0.1) is 26.2 Å². The molecule has 0 fully saturated rings. The Balaban J connectivity index is 1.61. The van der Waals surface area contributed by atoms with Gasteiger partial charge in [0.1, 0.15) is 0 Å². The molecule has 0 radical (unpaired) electrons. The molecule has 0 aliphatic rings. The summed E-state index contributed by atoms with van der Waals surface area (Å²) >= 11 is 0. The molecule has 1 amide bonds. The maximum atomic E-state index is 12.5. The highest BCUT2D eigenvalue weighted by atomic mass is 32.2. The predicted molar refractivity (Wildman–Crippen MR) is 127 cm³/mol. The van der Waals surface area contributed by atoms with Crippen LogP contribution >= 0.6 is 0 Å². The van der Waals surface area contributed by atoms with Crippen molar-refractivity contribution in [3.05, 3.63) is 66.2 Å². The van der Waals surface area contributed by atoms with E-state index in [1.807, 2.05) is 48.5 Å². The Bertz CT molecular complexity index is 1190. The quantitative estimate of drug-likeness (QED) is 0.503. The average Bonchev–Trinajstić information content (AvgIpc) is 2.79. The number of nitrogens with one attached hydrogen (secondary N) is 1. The van der Waals surface area contributed by atoms with Crippen molar-refractivity contribution in [2.75, 3.05) is 31.3 Å². The molecule has 3 aromatic carbocycles. The van der Waals surface area contributed by atoms with E-state index in [9.17, 15) is 13.2 Å². The summed E-state index contributed by atoms with van der Waals surface area (Å²) in [5, 5.41) is 4.69. The third kappa shape index (κ3) is 5.70. The molecule has 0 saturated heterocycles. The summed E-state index contributed by atoms with van der Waals surface area (Å²) in [7, 11) is -0.375. The molecule has 0 heterocycles. The smallest absolute Gasteiger partial charge is 0.232 e. The van der Waals surface area contributed by atoms with Crippen LogP contribution in [0.2, 0.25) is 0 Å². The number of hydrogen-bond acceptors (Lipinski definition) is 5. The average molecular weight is 457 g/mol. The van der Waals surface area contributed by atoms with Crippen LogP contribution in [-0.2, 0) is 21.4 Å². The van der Waals surface area contributed by atoms with E-state index in [0.717, 1.165) is 16.3 Å². The molecule has 0 aliphatic heterocycles. The van der Waals surface area contributed by atoms with Crippen LogP contribution in [0.25, 0.3) is 10.8 Å². The fourth-order valence-corrected chi connectivity index (χ4v) is 4.53. The first kappa shape index (κ1) is 23.4. The van der Waals surface area contributed by atoms with Gasteiger partial charge in [-0.1, -0.05) is 42.5 Å². The van der Waals surface area contributed by atoms with E-state index >= 15 is 0 Å². The summed E-state index contributed by atoms with van der Waals surface area (Å²) in [4.78, 5) is 12.3. The van der Waals surface area contributed by atoms with E-state index in [-0.39, 0.29) is 18.9 Å². The topological polar surface area (TPSA) is 84.9 Å². The van der Waals surface area contributed by atoms with E-state index < -0.39 is 10.0 Å². The fourth-order valence-electron chi connectivity index (χ4n) is 3.55. The molecule has 0 bridgehead atoms. The molecule has 8 heteroatoms. The van der Waals surface area contributed by atoms with Gasteiger partial charge < -0.3 is 14.8 Å². The monoisotopic (exact) mass is 456 g/mol. The number of nitrogens with zero attached hydrogens (tertiary/aromatic N) is 1. The number of sulfonamides is 1. The van der Waals surface area contributed by atoms with E-state index in [1.54, 1.807) is 26.4 Å². The lowest BCUT2D eigenvalue weighted by atomic mass is 10.1. The first-order valence-corrected chi connectivity index (χ1v) is 12.1. The molecule has 0 aliphatic carbocycles. The number of amides is 1. The highest BCUT2D eigenvalue weighted by molar-refractivity contribution is 7.92. The molecule has 1 N–H and O–H groups in total. The van der Waals surface area contributed by atoms with Gasteiger partial charge in [-0.3, -0.25) is 9.10 Å². The number of rotatable bonds is 10. The summed E-state index contributed by atoms with van der Waals surface area (Å²) in [6.45, 7) is 0.564. The molecule has 32 heavy (non-hydrogen) atoms. The van der Waals surface area contributed by atoms with Gasteiger partial charge in [-0.15, -0.1) is 0 Å². The van der Waals surface area contributed by atoms with Gasteiger partial charge >= 0.3 is 0 Å². The number of methoxy groups -OCH3 is 2. The van der Waals surface area contributed by atoms with Crippen LogP contribution in [0, 0.1) is 0 Å². The van der Waals surface area contributed by atoms with E-state index in [2.05, 4.69) is 5.32 Å². The Kier molecular flexibility index (Phi) is 7.58. The third-order valence-corrected chi connectivity index (χ3v) is 6.32. The minimum atomic E-state index is -3.50. The number of anilines is 1. The molecule has 0 saturated carbocycles. The van der Waals surface area contributed by atoms with Crippen LogP contribution in [0.5, 0.6) is 11.5 Å². The highest BCUT2D eigenvalue weighted by Gasteiger charge is 2.19. The number of carbonyl (C=O) groups excluding carboxylic acids is 1. The zero-order valence-corrected chi connectivity index (χ0v) is 19.3. The second-order valence-electron chi connectivity index (χ2n) is 7.40. The Morgan fingerprint density at radius 2 is 1.69 bits per heavy atom. The second-order valence-corrected chi connectivity index (χ2v) is 9.31. The Labute approximate surface area is 189 Å². The van der Waals surface area contributed by atoms with Crippen molar-refractivity contribution in [1.82, 2.24) is 5.32 Å². The molecular formula is C24H28N2O5S. The van der Waals surface area contributed by atoms with Gasteiger partial charge in [0.15, 0.2) is 11.5 Å². The maximum absolute atomic E-state index is 12.5. The van der Waals surface area contributed by atoms with Gasteiger partial charge in [0.25, 0.3) is 0 Å². The Morgan fingerprint density at radius 1 is 0.969 bits per heavy atom. The molecular weight excluding hydrogens is 428 g/mol. The predicted octanol–water partition coefficient (Wildman–Crippen LogP) is 3.72. The first-order chi connectivity index (χ1) is 15.3. The Morgan fingerprint density at radius 3 is 2.41 bits per heavy atom. The third-order valence-electron chi connectivity index (χ3n) is 5.14. The molecule has 170 valence electrons. The van der Waals surface area contributed by atoms with Crippen molar-refractivity contribution >= 4 is 32.4 Å². The van der Waals surface area contributed by atoms with Gasteiger partial charge in [-0.05, 0) is 35.6 Å². The largest absolute Gasteiger partial charge is 0.493 e. The van der Waals surface area contributed by atoms with E-state index in [1.165, 1.54) is 10.6 Å². The standard InChI is InChI=1S/C24H28N2O5S/c1-30-22-14-13-18(16-23(22)31-2)17-25-24(27)12-7-15-26(32(3,28)29)21-11-6-9-19-8-4-5-10-20(19)21/h4-6,8-11,13-14,16H,7,12,15,17H2,1-3H3,(H,25,27). The fraction of sp³-hybridized carbons (Fsp3) is 0.292. The summed E-state index contributed by atoms with van der Waals surface area (Å²) < 4.78 is 36.8. The molecule has 0 unspecified atom stereocenters. The van der Waals surface area contributed by atoms with Crippen molar-refractivity contribution in [3.8, 4) is 11.5 Å². The zero-order valence-electron chi connectivity index (χ0n) is 18.5. The van der Waals surface area contributed by atoms with Crippen molar-refractivity contribution < 1.29 is 22.7 Å². The van der Waals surface area contributed by atoms with E-state index in [4.69, 9.17) is 9.47 Å². The van der Waals surface area contributed by atoms with Crippen LogP contribution in [0.15, 0.2) is 60.7 Å². The summed E-state index contributed by atoms with van der Waals surface area (Å²) in [6, 6.07) is 18.7. The van der Waals surface area contributed by atoms with Crippen LogP contribution in [0.1, 0.15) is 18.4 Å². The summed E-state index contributed by atoms with van der Waals surface area (Å²) in [5.41, 5.74) is 1.50. The van der Waals surface area contributed by atoms with Crippen LogP contribution in [0.3, 0.4) is 0 Å². The second kappa shape index (κ2) is 10.4. The van der Waals surface area contributed by atoms with Gasteiger partial charge in [0, 0.05) is 24.9 Å². The molecule has 0 spiro atoms. The molecule has 0 aromatic heterocycles. The molecule has 0 atom stereocenters. The number of carbonyl (C=O) groups is 1. The van der Waals surface area contributed by atoms with Crippen LogP contribution in [-0.4, -0.2) is 41.3 Å². The normalized spacial score (nSPS) is 11.2. The van der Waals surface area contributed by atoms with Crippen molar-refractivity contribution in [2.45, 2.75) is 19.4 Å². The maximum Gasteiger partial charge on any atom is 0.232 e. The highest BCUT2D eigenvalue weighted by Crippen LogP contribution is 2.29. The van der Waals surface area contributed by atoms with Gasteiger partial charge in [-0.25, -0.2) is 8.42 Å². The molecule has 3 aromatic rings. The minimum Gasteiger partial charge on any atom is -0.493 e. The SMILES string of the molecule is COc1ccc(CNC(=O)CCCN(c2cccc3ccccc23)S(C)(=O)=O)cc1OC. The lowest BCUT2D eigenvalue weighted by molar-refractivity contribution is -0.121. The lowest BCUT2D eigenvalue weighted by Gasteiger charge is -2.24. The number of benzene rings is 3. The molecule has 3 rings (SSSR count). The number of hydrogen-bond donors (Lipinski definition) is 1. The van der Waals surface area contributed by atoms with Crippen molar-refractivity contribution in [1.29, 1.82) is 0 Å². The Hall–Kier alpha value is -3.26. The summed E-state index contributed by atoms with van der Waals surface area (Å²) in [6.07, 6.45) is 1.80. The van der Waals surface area contributed by atoms with Crippen molar-refractivity contribution in [3.63, 3.8) is 0 Å². The van der Waals surface area contributed by atoms with Crippen LogP contribution in [0.4, 0.5) is 5.69 Å².